The van der Waals surface area contributed by atoms with Crippen LogP contribution in [0.5, 0.6) is 0 Å². The van der Waals surface area contributed by atoms with Gasteiger partial charge in [-0.1, -0.05) is 196 Å². The van der Waals surface area contributed by atoms with E-state index < -0.39 is 0 Å². The zero-order valence-corrected chi connectivity index (χ0v) is 41.3. The SMILES string of the molecule is CC(C)(C)P([C]1[CH][CH][CH][CH]1)C(C)(C)C.Cc1cc(C)cc([C]2[C](c3cc(C)cc(C)c3)[C](c3cc(C)cc(C)c3)[C](c3cc(C)cc(C)c3)[C]2c2cc(C)cc(C)c2)c1.[Fe+2]. The molecule has 310 valence electrons. The van der Waals surface area contributed by atoms with Gasteiger partial charge in [0.25, 0.3) is 0 Å². The van der Waals surface area contributed by atoms with Gasteiger partial charge in [-0.15, -0.1) is 0 Å². The van der Waals surface area contributed by atoms with Crippen LogP contribution in [0.15, 0.2) is 91.0 Å². The van der Waals surface area contributed by atoms with E-state index in [1.807, 2.05) is 0 Å². The molecule has 0 spiro atoms. The first-order valence-electron chi connectivity index (χ1n) is 21.4. The van der Waals surface area contributed by atoms with Gasteiger partial charge in [0.1, 0.15) is 0 Å². The smallest absolute Gasteiger partial charge is 0.0877 e. The second kappa shape index (κ2) is 19.2. The van der Waals surface area contributed by atoms with Crippen molar-refractivity contribution in [2.75, 3.05) is 0 Å². The van der Waals surface area contributed by atoms with E-state index in [1.165, 1.54) is 113 Å². The van der Waals surface area contributed by atoms with Gasteiger partial charge in [0, 0.05) is 35.2 Å². The maximum Gasteiger partial charge on any atom is 2.00 e. The average molecular weight is 851 g/mol. The second-order valence-corrected chi connectivity index (χ2v) is 23.4. The molecule has 0 atom stereocenters. The monoisotopic (exact) mass is 850 g/mol. The van der Waals surface area contributed by atoms with Crippen molar-refractivity contribution in [3.05, 3.63) is 235 Å². The third kappa shape index (κ3) is 11.2. The summed E-state index contributed by atoms with van der Waals surface area (Å²) >= 11 is 0. The zero-order valence-electron chi connectivity index (χ0n) is 39.3. The minimum atomic E-state index is -0.101. The number of benzene rings is 5. The first-order chi connectivity index (χ1) is 27.6. The Hall–Kier alpha value is -2.95. The minimum Gasteiger partial charge on any atom is -0.0877 e. The van der Waals surface area contributed by atoms with Crippen molar-refractivity contribution in [1.82, 2.24) is 0 Å². The van der Waals surface area contributed by atoms with E-state index in [4.69, 9.17) is 0 Å². The molecule has 60 heavy (non-hydrogen) atoms. The Bertz CT molecular complexity index is 1810. The van der Waals surface area contributed by atoms with Crippen LogP contribution in [0.4, 0.5) is 0 Å². The summed E-state index contributed by atoms with van der Waals surface area (Å²) in [6.45, 7) is 36.4. The summed E-state index contributed by atoms with van der Waals surface area (Å²) in [6, 6.07) is 35.3. The van der Waals surface area contributed by atoms with E-state index >= 15 is 0 Å². The summed E-state index contributed by atoms with van der Waals surface area (Å²) in [4.78, 5) is 0. The standard InChI is InChI=1S/C45H45.C13H22P.Fe/c1-26-11-27(2)17-36(16-26)41-42(37-18-28(3)12-29(4)19-37)44(39-22-32(7)14-33(8)23-39)45(40-24-34(9)15-35(10)25-40)43(41)38-20-30(5)13-31(6)21-38;1-12(2,3)14(13(4,5)6)11-9-7-8-10-11;/h11-25H,1-10H3;7-10H,1-6H3;/q;;+2. The molecule has 5 aromatic carbocycles. The van der Waals surface area contributed by atoms with Crippen molar-refractivity contribution in [1.29, 1.82) is 0 Å². The van der Waals surface area contributed by atoms with Gasteiger partial charge in [0.2, 0.25) is 0 Å². The number of hydrogen-bond acceptors (Lipinski definition) is 0. The Kier molecular flexibility index (Phi) is 15.4. The molecule has 2 aliphatic carbocycles. The van der Waals surface area contributed by atoms with Crippen molar-refractivity contribution in [2.24, 2.45) is 0 Å². The van der Waals surface area contributed by atoms with E-state index in [1.54, 1.807) is 5.66 Å². The van der Waals surface area contributed by atoms with Crippen LogP contribution in [0.1, 0.15) is 125 Å². The summed E-state index contributed by atoms with van der Waals surface area (Å²) in [5.41, 5.74) is 20.7. The average Bonchev–Trinajstić information content (AvgIpc) is 3.72. The molecule has 0 heterocycles. The molecule has 7 rings (SSSR count). The molecule has 0 N–H and O–H groups in total. The van der Waals surface area contributed by atoms with Gasteiger partial charge < -0.3 is 0 Å². The van der Waals surface area contributed by atoms with Crippen LogP contribution in [-0.2, 0) is 17.1 Å². The van der Waals surface area contributed by atoms with Crippen molar-refractivity contribution in [3.8, 4) is 0 Å². The number of aryl methyl sites for hydroxylation is 10. The van der Waals surface area contributed by atoms with E-state index in [0.29, 0.717) is 10.3 Å². The molecule has 0 aliphatic heterocycles. The summed E-state index contributed by atoms with van der Waals surface area (Å²) in [7, 11) is -0.101. The van der Waals surface area contributed by atoms with Gasteiger partial charge in [0.05, 0.1) is 0 Å². The van der Waals surface area contributed by atoms with Crippen molar-refractivity contribution < 1.29 is 17.1 Å². The van der Waals surface area contributed by atoms with E-state index in [9.17, 15) is 0 Å². The predicted octanol–water partition coefficient (Wildman–Crippen LogP) is 15.6. The summed E-state index contributed by atoms with van der Waals surface area (Å²) in [6.07, 6.45) is 8.87. The maximum atomic E-state index is 2.39. The fraction of sp³-hybridized carbons (Fsp3) is 0.310. The van der Waals surface area contributed by atoms with Crippen molar-refractivity contribution in [2.45, 2.75) is 121 Å². The van der Waals surface area contributed by atoms with Crippen LogP contribution in [0, 0.1) is 130 Å². The summed E-state index contributed by atoms with van der Waals surface area (Å²) < 4.78 is 0. The van der Waals surface area contributed by atoms with Crippen LogP contribution in [0.25, 0.3) is 0 Å². The number of rotatable bonds is 6. The van der Waals surface area contributed by atoms with Crippen LogP contribution < -0.4 is 0 Å². The fourth-order valence-electron chi connectivity index (χ4n) is 9.96. The van der Waals surface area contributed by atoms with Gasteiger partial charge in [0.15, 0.2) is 0 Å². The third-order valence-electron chi connectivity index (χ3n) is 11.0. The first kappa shape index (κ1) is 48.1. The molecule has 10 radical (unpaired) electrons. The Balaban J connectivity index is 0.000000388. The van der Waals surface area contributed by atoms with Gasteiger partial charge in [-0.2, -0.15) is 0 Å². The minimum absolute atomic E-state index is 0. The Morgan fingerprint density at radius 3 is 0.600 bits per heavy atom. The molecule has 0 bridgehead atoms. The van der Waals surface area contributed by atoms with E-state index in [-0.39, 0.29) is 25.0 Å². The van der Waals surface area contributed by atoms with Crippen LogP contribution in [0.2, 0.25) is 0 Å². The molecule has 5 aromatic rings. The van der Waals surface area contributed by atoms with Crippen LogP contribution in [0.3, 0.4) is 0 Å². The fourth-order valence-corrected chi connectivity index (χ4v) is 14.0. The van der Waals surface area contributed by atoms with E-state index in [0.717, 1.165) is 0 Å². The van der Waals surface area contributed by atoms with Gasteiger partial charge >= 0.3 is 17.1 Å². The van der Waals surface area contributed by atoms with Crippen LogP contribution in [-0.4, -0.2) is 10.3 Å². The molecule has 0 unspecified atom stereocenters. The quantitative estimate of drug-likeness (QED) is 0.118. The largest absolute Gasteiger partial charge is 2.00 e. The Morgan fingerprint density at radius 2 is 0.450 bits per heavy atom. The molecule has 2 fully saturated rings. The van der Waals surface area contributed by atoms with Crippen LogP contribution >= 0.6 is 7.92 Å². The van der Waals surface area contributed by atoms with Crippen molar-refractivity contribution >= 4 is 7.92 Å². The zero-order chi connectivity index (χ0) is 43.1. The van der Waals surface area contributed by atoms with Gasteiger partial charge in [-0.25, -0.2) is 0 Å². The molecule has 0 saturated heterocycles. The number of hydrogen-bond donors (Lipinski definition) is 0. The Morgan fingerprint density at radius 1 is 0.283 bits per heavy atom. The second-order valence-electron chi connectivity index (χ2n) is 19.6. The molecular formula is C58H67FeP+2. The summed E-state index contributed by atoms with van der Waals surface area (Å²) in [5, 5.41) is 0.782. The van der Waals surface area contributed by atoms with Gasteiger partial charge in [-0.3, -0.25) is 0 Å². The molecular weight excluding hydrogens is 783 g/mol. The maximum absolute atomic E-state index is 2.39. The predicted molar refractivity (Wildman–Crippen MR) is 258 cm³/mol. The molecule has 2 heteroatoms. The molecule has 0 amide bonds. The first-order valence-corrected chi connectivity index (χ1v) is 22.8. The van der Waals surface area contributed by atoms with E-state index in [2.05, 4.69) is 227 Å². The molecule has 0 nitrogen and oxygen atoms in total. The summed E-state index contributed by atoms with van der Waals surface area (Å²) in [5.74, 6) is 6.60. The topological polar surface area (TPSA) is 0 Å². The molecule has 0 aromatic heterocycles. The third-order valence-corrected chi connectivity index (χ3v) is 14.5. The van der Waals surface area contributed by atoms with Gasteiger partial charge in [-0.05, 0) is 133 Å². The van der Waals surface area contributed by atoms with Crippen molar-refractivity contribution in [3.63, 3.8) is 0 Å². The molecule has 2 saturated carbocycles. The normalized spacial score (nSPS) is 16.4. The molecule has 2 aliphatic rings. The Labute approximate surface area is 379 Å².